The lowest BCUT2D eigenvalue weighted by atomic mass is 9.97. The molecule has 0 N–H and O–H groups in total. The molecule has 1 heterocycles. The summed E-state index contributed by atoms with van der Waals surface area (Å²) in [6, 6.07) is 18.9. The fourth-order valence-electron chi connectivity index (χ4n) is 3.39. The van der Waals surface area contributed by atoms with Gasteiger partial charge in [-0.3, -0.25) is 0 Å². The van der Waals surface area contributed by atoms with Crippen molar-refractivity contribution in [2.24, 2.45) is 0 Å². The summed E-state index contributed by atoms with van der Waals surface area (Å²) in [6.45, 7) is 5.10. The second kappa shape index (κ2) is 7.39. The number of carbonyl (C=O) groups is 1. The van der Waals surface area contributed by atoms with Crippen molar-refractivity contribution in [2.45, 2.75) is 26.3 Å². The number of allylic oxidation sites excluding steroid dienone is 1. The van der Waals surface area contributed by atoms with Gasteiger partial charge in [0.25, 0.3) is 0 Å². The Morgan fingerprint density at radius 2 is 1.80 bits per heavy atom. The molecular formula is C22H23NO2. The molecule has 0 fully saturated rings. The van der Waals surface area contributed by atoms with Crippen molar-refractivity contribution in [3.05, 3.63) is 83.6 Å². The standard InChI is InChI=1S/C22H23NO2/c1-16(13-14-21(24)25-3)22-17(2)23(15-18-9-5-4-6-10-18)20-12-8-7-11-19(20)22/h4-14,16H,15H2,1-3H3/b14-13-/t16-/m0/s1. The van der Waals surface area contributed by atoms with Crippen LogP contribution in [-0.4, -0.2) is 17.6 Å². The number of fused-ring (bicyclic) bond motifs is 1. The Bertz CT molecular complexity index is 906. The van der Waals surface area contributed by atoms with Gasteiger partial charge in [0.05, 0.1) is 7.11 Å². The van der Waals surface area contributed by atoms with Crippen LogP contribution in [0.2, 0.25) is 0 Å². The van der Waals surface area contributed by atoms with Crippen LogP contribution in [-0.2, 0) is 16.1 Å². The van der Waals surface area contributed by atoms with E-state index in [0.29, 0.717) is 0 Å². The van der Waals surface area contributed by atoms with Gasteiger partial charge in [0, 0.05) is 35.1 Å². The quantitative estimate of drug-likeness (QED) is 0.494. The molecule has 0 radical (unpaired) electrons. The molecule has 0 saturated carbocycles. The van der Waals surface area contributed by atoms with Crippen LogP contribution < -0.4 is 0 Å². The van der Waals surface area contributed by atoms with Gasteiger partial charge in [-0.15, -0.1) is 0 Å². The number of hydrogen-bond donors (Lipinski definition) is 0. The van der Waals surface area contributed by atoms with E-state index in [-0.39, 0.29) is 11.9 Å². The Hall–Kier alpha value is -2.81. The maximum absolute atomic E-state index is 11.4. The fourth-order valence-corrected chi connectivity index (χ4v) is 3.39. The number of benzene rings is 2. The number of methoxy groups -OCH3 is 1. The van der Waals surface area contributed by atoms with Gasteiger partial charge in [-0.05, 0) is 24.1 Å². The molecule has 25 heavy (non-hydrogen) atoms. The smallest absolute Gasteiger partial charge is 0.330 e. The molecular weight excluding hydrogens is 310 g/mol. The van der Waals surface area contributed by atoms with Crippen LogP contribution in [0, 0.1) is 6.92 Å². The number of aromatic nitrogens is 1. The molecule has 128 valence electrons. The summed E-state index contributed by atoms with van der Waals surface area (Å²) in [4.78, 5) is 11.4. The zero-order valence-electron chi connectivity index (χ0n) is 14.9. The summed E-state index contributed by atoms with van der Waals surface area (Å²) in [5.74, 6) is -0.196. The predicted octanol–water partition coefficient (Wildman–Crippen LogP) is 4.83. The van der Waals surface area contributed by atoms with E-state index in [2.05, 4.69) is 66.9 Å². The van der Waals surface area contributed by atoms with E-state index in [1.165, 1.54) is 40.9 Å². The molecule has 0 bridgehead atoms. The van der Waals surface area contributed by atoms with E-state index in [9.17, 15) is 4.79 Å². The van der Waals surface area contributed by atoms with Crippen LogP contribution in [0.1, 0.15) is 29.7 Å². The molecule has 3 rings (SSSR count). The Labute approximate surface area is 148 Å². The van der Waals surface area contributed by atoms with Gasteiger partial charge in [0.2, 0.25) is 0 Å². The minimum Gasteiger partial charge on any atom is -0.466 e. The Balaban J connectivity index is 2.06. The van der Waals surface area contributed by atoms with Gasteiger partial charge in [0.1, 0.15) is 0 Å². The minimum atomic E-state index is -0.322. The summed E-state index contributed by atoms with van der Waals surface area (Å²) in [7, 11) is 1.40. The van der Waals surface area contributed by atoms with Crippen molar-refractivity contribution in [1.82, 2.24) is 4.57 Å². The zero-order valence-corrected chi connectivity index (χ0v) is 14.9. The number of esters is 1. The van der Waals surface area contributed by atoms with Gasteiger partial charge in [-0.2, -0.15) is 0 Å². The van der Waals surface area contributed by atoms with Crippen molar-refractivity contribution in [3.8, 4) is 0 Å². The van der Waals surface area contributed by atoms with E-state index in [1.54, 1.807) is 0 Å². The molecule has 0 amide bonds. The molecule has 2 aromatic carbocycles. The third-order valence-corrected chi connectivity index (χ3v) is 4.64. The van der Waals surface area contributed by atoms with E-state index in [0.717, 1.165) is 6.54 Å². The lowest BCUT2D eigenvalue weighted by Crippen LogP contribution is -2.03. The summed E-state index contributed by atoms with van der Waals surface area (Å²) in [5.41, 5.74) is 4.98. The van der Waals surface area contributed by atoms with Gasteiger partial charge < -0.3 is 9.30 Å². The molecule has 3 aromatic rings. The van der Waals surface area contributed by atoms with Crippen molar-refractivity contribution in [2.75, 3.05) is 7.11 Å². The highest BCUT2D eigenvalue weighted by molar-refractivity contribution is 5.87. The van der Waals surface area contributed by atoms with Crippen LogP contribution in [0.5, 0.6) is 0 Å². The fraction of sp³-hybridized carbons (Fsp3) is 0.227. The third-order valence-electron chi connectivity index (χ3n) is 4.64. The number of nitrogens with zero attached hydrogens (tertiary/aromatic N) is 1. The third kappa shape index (κ3) is 3.50. The van der Waals surface area contributed by atoms with Crippen molar-refractivity contribution in [1.29, 1.82) is 0 Å². The molecule has 0 saturated heterocycles. The molecule has 1 atom stereocenters. The topological polar surface area (TPSA) is 31.2 Å². The van der Waals surface area contributed by atoms with Crippen molar-refractivity contribution in [3.63, 3.8) is 0 Å². The SMILES string of the molecule is COC(=O)/C=C\[C@H](C)c1c(C)n(Cc2ccccc2)c2ccccc12. The number of carbonyl (C=O) groups excluding carboxylic acids is 1. The highest BCUT2D eigenvalue weighted by Crippen LogP contribution is 2.33. The maximum atomic E-state index is 11.4. The largest absolute Gasteiger partial charge is 0.466 e. The van der Waals surface area contributed by atoms with E-state index >= 15 is 0 Å². The summed E-state index contributed by atoms with van der Waals surface area (Å²) >= 11 is 0. The van der Waals surface area contributed by atoms with E-state index in [4.69, 9.17) is 4.74 Å². The molecule has 3 heteroatoms. The van der Waals surface area contributed by atoms with E-state index in [1.807, 2.05) is 12.1 Å². The number of para-hydroxylation sites is 1. The van der Waals surface area contributed by atoms with Gasteiger partial charge in [-0.1, -0.05) is 61.5 Å². The molecule has 0 aliphatic carbocycles. The summed E-state index contributed by atoms with van der Waals surface area (Å²) in [6.07, 6.45) is 3.42. The predicted molar refractivity (Wildman–Crippen MR) is 102 cm³/mol. The van der Waals surface area contributed by atoms with Gasteiger partial charge >= 0.3 is 5.97 Å². The summed E-state index contributed by atoms with van der Waals surface area (Å²) < 4.78 is 7.06. The minimum absolute atomic E-state index is 0.126. The molecule has 1 aromatic heterocycles. The number of ether oxygens (including phenoxy) is 1. The van der Waals surface area contributed by atoms with Crippen LogP contribution >= 0.6 is 0 Å². The lowest BCUT2D eigenvalue weighted by Gasteiger charge is -2.11. The first-order valence-electron chi connectivity index (χ1n) is 8.49. The molecule has 0 aliphatic heterocycles. The lowest BCUT2D eigenvalue weighted by molar-refractivity contribution is -0.134. The Kier molecular flexibility index (Phi) is 5.03. The van der Waals surface area contributed by atoms with Gasteiger partial charge in [-0.25, -0.2) is 4.79 Å². The molecule has 0 spiro atoms. The van der Waals surface area contributed by atoms with Crippen LogP contribution in [0.25, 0.3) is 10.9 Å². The first-order valence-corrected chi connectivity index (χ1v) is 8.49. The Morgan fingerprint density at radius 3 is 2.52 bits per heavy atom. The second-order valence-electron chi connectivity index (χ2n) is 6.26. The average Bonchev–Trinajstić information content (AvgIpc) is 2.92. The van der Waals surface area contributed by atoms with Gasteiger partial charge in [0.15, 0.2) is 0 Å². The van der Waals surface area contributed by atoms with Crippen LogP contribution in [0.4, 0.5) is 0 Å². The first kappa shape index (κ1) is 17.0. The molecule has 0 unspecified atom stereocenters. The number of rotatable bonds is 5. The average molecular weight is 333 g/mol. The molecule has 3 nitrogen and oxygen atoms in total. The summed E-state index contributed by atoms with van der Waals surface area (Å²) in [5, 5.41) is 1.23. The second-order valence-corrected chi connectivity index (χ2v) is 6.26. The number of hydrogen-bond acceptors (Lipinski definition) is 2. The van der Waals surface area contributed by atoms with Crippen LogP contribution in [0.3, 0.4) is 0 Å². The maximum Gasteiger partial charge on any atom is 0.330 e. The van der Waals surface area contributed by atoms with Crippen LogP contribution in [0.15, 0.2) is 66.7 Å². The Morgan fingerprint density at radius 1 is 1.12 bits per heavy atom. The van der Waals surface area contributed by atoms with Crippen molar-refractivity contribution >= 4 is 16.9 Å². The first-order chi connectivity index (χ1) is 12.1. The normalized spacial score (nSPS) is 12.6. The van der Waals surface area contributed by atoms with Crippen molar-refractivity contribution < 1.29 is 9.53 Å². The highest BCUT2D eigenvalue weighted by atomic mass is 16.5. The van der Waals surface area contributed by atoms with E-state index < -0.39 is 0 Å². The highest BCUT2D eigenvalue weighted by Gasteiger charge is 2.17. The monoisotopic (exact) mass is 333 g/mol. The molecule has 0 aliphatic rings. The zero-order chi connectivity index (χ0) is 17.8.